The standard InChI is InChI=1S/C20H13F3INOS/c1-12-6-4-7-13-14-8-5-10-16(19(14)27-18(12)13)25(24)15-9-2-3-11-17(15)26-20(21,22)23/h2-11H,1H3. The summed E-state index contributed by atoms with van der Waals surface area (Å²) in [6.07, 6.45) is -4.74. The molecule has 0 saturated carbocycles. The zero-order valence-electron chi connectivity index (χ0n) is 14.0. The molecule has 0 saturated heterocycles. The number of hydrogen-bond donors (Lipinski definition) is 0. The lowest BCUT2D eigenvalue weighted by atomic mass is 10.1. The summed E-state index contributed by atoms with van der Waals surface area (Å²) in [5.41, 5.74) is 2.35. The van der Waals surface area contributed by atoms with Gasteiger partial charge in [-0.1, -0.05) is 42.5 Å². The molecule has 4 rings (SSSR count). The van der Waals surface area contributed by atoms with Crippen LogP contribution >= 0.6 is 34.2 Å². The van der Waals surface area contributed by atoms with Crippen LogP contribution < -0.4 is 7.85 Å². The zero-order valence-corrected chi connectivity index (χ0v) is 17.0. The maximum atomic E-state index is 12.8. The van der Waals surface area contributed by atoms with Crippen LogP contribution in [0.25, 0.3) is 20.2 Å². The third-order valence-corrected chi connectivity index (χ3v) is 6.63. The van der Waals surface area contributed by atoms with Gasteiger partial charge < -0.3 is 4.74 Å². The second-order valence-corrected chi connectivity index (χ2v) is 7.99. The number of thiophene rings is 1. The Morgan fingerprint density at radius 2 is 1.48 bits per heavy atom. The third kappa shape index (κ3) is 3.45. The fourth-order valence-electron chi connectivity index (χ4n) is 3.06. The number of ether oxygens (including phenoxy) is 1. The van der Waals surface area contributed by atoms with E-state index in [0.29, 0.717) is 5.69 Å². The van der Waals surface area contributed by atoms with Gasteiger partial charge in [0, 0.05) is 15.5 Å². The molecule has 0 radical (unpaired) electrons. The van der Waals surface area contributed by atoms with Crippen LogP contribution in [0, 0.1) is 6.92 Å². The molecule has 0 aliphatic carbocycles. The number of fused-ring (bicyclic) bond motifs is 3. The van der Waals surface area contributed by atoms with E-state index in [1.165, 1.54) is 22.4 Å². The molecule has 7 heteroatoms. The van der Waals surface area contributed by atoms with E-state index in [4.69, 9.17) is 0 Å². The minimum Gasteiger partial charge on any atom is -0.404 e. The van der Waals surface area contributed by atoms with Crippen molar-refractivity contribution in [2.75, 3.05) is 3.11 Å². The second kappa shape index (κ2) is 6.87. The van der Waals surface area contributed by atoms with Gasteiger partial charge in [0.25, 0.3) is 0 Å². The molecule has 0 aliphatic heterocycles. The molecule has 1 aromatic heterocycles. The molecule has 138 valence electrons. The highest BCUT2D eigenvalue weighted by molar-refractivity contribution is 14.1. The van der Waals surface area contributed by atoms with Gasteiger partial charge in [0.15, 0.2) is 5.75 Å². The van der Waals surface area contributed by atoms with E-state index < -0.39 is 6.36 Å². The number of alkyl halides is 3. The summed E-state index contributed by atoms with van der Waals surface area (Å²) < 4.78 is 46.5. The van der Waals surface area contributed by atoms with Crippen LogP contribution in [0.5, 0.6) is 5.75 Å². The summed E-state index contributed by atoms with van der Waals surface area (Å²) in [5.74, 6) is -0.228. The number of nitrogens with zero attached hydrogens (tertiary/aromatic N) is 1. The third-order valence-electron chi connectivity index (χ3n) is 4.21. The molecule has 0 bridgehead atoms. The number of hydrogen-bond acceptors (Lipinski definition) is 3. The van der Waals surface area contributed by atoms with Gasteiger partial charge in [0.2, 0.25) is 0 Å². The fourth-order valence-corrected chi connectivity index (χ4v) is 5.30. The normalized spacial score (nSPS) is 11.9. The summed E-state index contributed by atoms with van der Waals surface area (Å²) in [6, 6.07) is 18.2. The molecule has 2 nitrogen and oxygen atoms in total. The van der Waals surface area contributed by atoms with Crippen molar-refractivity contribution in [2.24, 2.45) is 0 Å². The summed E-state index contributed by atoms with van der Waals surface area (Å²) in [5, 5.41) is 2.24. The molecule has 0 spiro atoms. The molecule has 0 amide bonds. The highest BCUT2D eigenvalue weighted by Gasteiger charge is 2.33. The maximum Gasteiger partial charge on any atom is 0.573 e. The van der Waals surface area contributed by atoms with Crippen LogP contribution in [0.4, 0.5) is 24.5 Å². The van der Waals surface area contributed by atoms with Gasteiger partial charge in [-0.05, 0) is 30.7 Å². The number of halogens is 4. The Morgan fingerprint density at radius 3 is 2.22 bits per heavy atom. The van der Waals surface area contributed by atoms with Crippen molar-refractivity contribution in [1.82, 2.24) is 0 Å². The highest BCUT2D eigenvalue weighted by Crippen LogP contribution is 2.46. The van der Waals surface area contributed by atoms with Gasteiger partial charge in [-0.25, -0.2) is 0 Å². The molecular weight excluding hydrogens is 486 g/mol. The van der Waals surface area contributed by atoms with Crippen molar-refractivity contribution < 1.29 is 17.9 Å². The minimum absolute atomic E-state index is 0.228. The molecule has 0 atom stereocenters. The fraction of sp³-hybridized carbons (Fsp3) is 0.100. The Morgan fingerprint density at radius 1 is 0.852 bits per heavy atom. The van der Waals surface area contributed by atoms with Crippen LogP contribution in [0.15, 0.2) is 60.7 Å². The van der Waals surface area contributed by atoms with E-state index in [9.17, 15) is 13.2 Å². The first-order valence-corrected chi connectivity index (χ1v) is 9.85. The second-order valence-electron chi connectivity index (χ2n) is 6.00. The Balaban J connectivity index is 1.88. The molecular formula is C20H13F3INOS. The van der Waals surface area contributed by atoms with Crippen LogP contribution in [0.3, 0.4) is 0 Å². The lowest BCUT2D eigenvalue weighted by Crippen LogP contribution is -2.18. The topological polar surface area (TPSA) is 12.5 Å². The predicted octanol–water partition coefficient (Wildman–Crippen LogP) is 7.75. The van der Waals surface area contributed by atoms with E-state index in [1.807, 2.05) is 47.1 Å². The predicted molar refractivity (Wildman–Crippen MR) is 113 cm³/mol. The number of aryl methyl sites for hydroxylation is 1. The van der Waals surface area contributed by atoms with Gasteiger partial charge in [0.05, 0.1) is 38.9 Å². The largest absolute Gasteiger partial charge is 0.573 e. The molecule has 27 heavy (non-hydrogen) atoms. The number of para-hydroxylation sites is 2. The van der Waals surface area contributed by atoms with Gasteiger partial charge >= 0.3 is 6.36 Å². The van der Waals surface area contributed by atoms with E-state index >= 15 is 0 Å². The summed E-state index contributed by atoms with van der Waals surface area (Å²) in [4.78, 5) is 0. The van der Waals surface area contributed by atoms with Crippen LogP contribution in [0.2, 0.25) is 0 Å². The number of benzene rings is 3. The van der Waals surface area contributed by atoms with E-state index in [1.54, 1.807) is 26.6 Å². The van der Waals surface area contributed by atoms with Gasteiger partial charge in [0.1, 0.15) is 0 Å². The van der Waals surface area contributed by atoms with E-state index in [0.717, 1.165) is 21.2 Å². The molecule has 0 fully saturated rings. The Labute approximate surface area is 171 Å². The number of anilines is 2. The van der Waals surface area contributed by atoms with Crippen molar-refractivity contribution in [3.63, 3.8) is 0 Å². The quantitative estimate of drug-likeness (QED) is 0.211. The zero-order chi connectivity index (χ0) is 19.2. The Kier molecular flexibility index (Phi) is 4.67. The van der Waals surface area contributed by atoms with Crippen molar-refractivity contribution in [3.8, 4) is 5.75 Å². The molecule has 1 heterocycles. The van der Waals surface area contributed by atoms with E-state index in [2.05, 4.69) is 23.8 Å². The first kappa shape index (κ1) is 18.4. The monoisotopic (exact) mass is 499 g/mol. The Hall–Kier alpha value is -2.00. The summed E-state index contributed by atoms with van der Waals surface area (Å²) in [7, 11) is 0. The SMILES string of the molecule is Cc1cccc2c1sc1c(N(I)c3ccccc3OC(F)(F)F)cccc12. The van der Waals surface area contributed by atoms with Crippen molar-refractivity contribution in [3.05, 3.63) is 66.2 Å². The van der Waals surface area contributed by atoms with Gasteiger partial charge in [-0.3, -0.25) is 3.11 Å². The maximum absolute atomic E-state index is 12.8. The lowest BCUT2D eigenvalue weighted by Gasteiger charge is -2.21. The van der Waals surface area contributed by atoms with Crippen LogP contribution in [-0.2, 0) is 0 Å². The average Bonchev–Trinajstić information content (AvgIpc) is 3.01. The van der Waals surface area contributed by atoms with Gasteiger partial charge in [-0.2, -0.15) is 0 Å². The lowest BCUT2D eigenvalue weighted by molar-refractivity contribution is -0.274. The van der Waals surface area contributed by atoms with Crippen molar-refractivity contribution in [1.29, 1.82) is 0 Å². The van der Waals surface area contributed by atoms with Gasteiger partial charge in [-0.15, -0.1) is 24.5 Å². The molecule has 0 aliphatic rings. The summed E-state index contributed by atoms with van der Waals surface area (Å²) in [6.45, 7) is 2.06. The van der Waals surface area contributed by atoms with Crippen LogP contribution in [0.1, 0.15) is 5.56 Å². The first-order chi connectivity index (χ1) is 12.8. The average molecular weight is 499 g/mol. The smallest absolute Gasteiger partial charge is 0.404 e. The molecule has 3 aromatic carbocycles. The highest BCUT2D eigenvalue weighted by atomic mass is 127. The van der Waals surface area contributed by atoms with E-state index in [-0.39, 0.29) is 5.75 Å². The number of rotatable bonds is 3. The first-order valence-electron chi connectivity index (χ1n) is 8.07. The Bertz CT molecular complexity index is 1140. The summed E-state index contributed by atoms with van der Waals surface area (Å²) >= 11 is 3.67. The molecule has 4 aromatic rings. The van der Waals surface area contributed by atoms with Crippen LogP contribution in [-0.4, -0.2) is 6.36 Å². The van der Waals surface area contributed by atoms with Crippen molar-refractivity contribution in [2.45, 2.75) is 13.3 Å². The van der Waals surface area contributed by atoms with Crippen molar-refractivity contribution >= 4 is 65.7 Å². The molecule has 0 unspecified atom stereocenters. The molecule has 0 N–H and O–H groups in total. The minimum atomic E-state index is -4.74.